The fourth-order valence-electron chi connectivity index (χ4n) is 3.50. The number of nitrogens with one attached hydrogen (secondary N) is 4. The fraction of sp³-hybridized carbons (Fsp3) is 0.500. The first-order valence-electron chi connectivity index (χ1n) is 16.7. The van der Waals surface area contributed by atoms with Crippen LogP contribution < -0.4 is 0 Å². The molecule has 264 valence electrons. The highest BCUT2D eigenvalue weighted by molar-refractivity contribution is 5.07. The first kappa shape index (κ1) is 41.3. The van der Waals surface area contributed by atoms with E-state index in [1.807, 2.05) is 60.3 Å². The molecule has 0 amide bonds. The monoisotopic (exact) mass is 661 g/mol. The Hall–Kier alpha value is -4.74. The van der Waals surface area contributed by atoms with Crippen LogP contribution in [0, 0.1) is 0 Å². The average molecular weight is 661 g/mol. The lowest BCUT2D eigenvalue weighted by Gasteiger charge is -2.02. The van der Waals surface area contributed by atoms with Gasteiger partial charge in [-0.2, -0.15) is 15.3 Å². The lowest BCUT2D eigenvalue weighted by atomic mass is 10.1. The second-order valence-corrected chi connectivity index (χ2v) is 12.8. The first-order chi connectivity index (χ1) is 22.8. The molecule has 0 aliphatic heterocycles. The molecular formula is C36H60N12. The molecular weight excluding hydrogens is 600 g/mol. The third-order valence-corrected chi connectivity index (χ3v) is 6.71. The maximum atomic E-state index is 4.06. The summed E-state index contributed by atoms with van der Waals surface area (Å²) in [5, 5.41) is 17.3. The van der Waals surface area contributed by atoms with Crippen LogP contribution in [0.2, 0.25) is 0 Å². The molecule has 12 heteroatoms. The highest BCUT2D eigenvalue weighted by Crippen LogP contribution is 2.10. The van der Waals surface area contributed by atoms with Gasteiger partial charge >= 0.3 is 0 Å². The second kappa shape index (κ2) is 23.6. The van der Waals surface area contributed by atoms with Crippen LogP contribution in [0.5, 0.6) is 0 Å². The number of imidazole rings is 3. The van der Waals surface area contributed by atoms with Crippen LogP contribution in [0.15, 0.2) is 86.8 Å². The number of aromatic amines is 4. The number of aromatic nitrogens is 12. The van der Waals surface area contributed by atoms with Crippen molar-refractivity contribution in [2.45, 2.75) is 119 Å². The van der Waals surface area contributed by atoms with Gasteiger partial charge in [-0.3, -0.25) is 14.9 Å². The van der Waals surface area contributed by atoms with Gasteiger partial charge in [0, 0.05) is 85.2 Å². The van der Waals surface area contributed by atoms with Crippen LogP contribution in [0.3, 0.4) is 0 Å². The zero-order chi connectivity index (χ0) is 35.9. The minimum Gasteiger partial charge on any atom is -0.348 e. The van der Waals surface area contributed by atoms with Crippen LogP contribution in [-0.4, -0.2) is 59.7 Å². The highest BCUT2D eigenvalue weighted by Gasteiger charge is 1.98. The zero-order valence-corrected chi connectivity index (χ0v) is 31.1. The van der Waals surface area contributed by atoms with Crippen molar-refractivity contribution in [1.82, 2.24) is 59.7 Å². The molecule has 0 radical (unpaired) electrons. The van der Waals surface area contributed by atoms with Crippen LogP contribution in [0.25, 0.3) is 0 Å². The van der Waals surface area contributed by atoms with Gasteiger partial charge < -0.3 is 14.5 Å². The zero-order valence-electron chi connectivity index (χ0n) is 31.1. The summed E-state index contributed by atoms with van der Waals surface area (Å²) in [7, 11) is 0. The molecule has 0 fully saturated rings. The molecule has 0 aromatic carbocycles. The second-order valence-electron chi connectivity index (χ2n) is 12.8. The summed E-state index contributed by atoms with van der Waals surface area (Å²) in [6.07, 6.45) is 22.1. The van der Waals surface area contributed by atoms with Crippen molar-refractivity contribution >= 4 is 0 Å². The Kier molecular flexibility index (Phi) is 20.3. The Bertz CT molecular complexity index is 1150. The number of H-pyrrole nitrogens is 4. The highest BCUT2D eigenvalue weighted by atomic mass is 15.3. The molecule has 4 N–H and O–H groups in total. The molecule has 0 saturated carbocycles. The van der Waals surface area contributed by atoms with Gasteiger partial charge in [0.1, 0.15) is 5.82 Å². The molecule has 48 heavy (non-hydrogen) atoms. The molecule has 0 bridgehead atoms. The van der Waals surface area contributed by atoms with Gasteiger partial charge in [0.2, 0.25) is 0 Å². The molecule has 6 heterocycles. The van der Waals surface area contributed by atoms with Crippen molar-refractivity contribution in [2.75, 3.05) is 0 Å². The molecule has 6 aromatic rings. The van der Waals surface area contributed by atoms with Gasteiger partial charge in [0.25, 0.3) is 0 Å². The topological polar surface area (TPSA) is 150 Å². The van der Waals surface area contributed by atoms with E-state index < -0.39 is 0 Å². The largest absolute Gasteiger partial charge is 0.348 e. The Morgan fingerprint density at radius 3 is 1.62 bits per heavy atom. The number of nitrogens with zero attached hydrogens (tertiary/aromatic N) is 8. The molecule has 0 spiro atoms. The lowest BCUT2D eigenvalue weighted by Crippen LogP contribution is -1.99. The van der Waals surface area contributed by atoms with E-state index in [2.05, 4.69) is 138 Å². The summed E-state index contributed by atoms with van der Waals surface area (Å²) >= 11 is 0. The quantitative estimate of drug-likeness (QED) is 0.140. The molecule has 0 saturated heterocycles. The molecule has 0 aliphatic rings. The summed E-state index contributed by atoms with van der Waals surface area (Å²) in [5.41, 5.74) is 3.67. The van der Waals surface area contributed by atoms with Crippen LogP contribution in [0.4, 0.5) is 0 Å². The van der Waals surface area contributed by atoms with Crippen molar-refractivity contribution in [3.63, 3.8) is 0 Å². The van der Waals surface area contributed by atoms with Crippen LogP contribution in [0.1, 0.15) is 142 Å². The third-order valence-electron chi connectivity index (χ3n) is 6.71. The average Bonchev–Trinajstić information content (AvgIpc) is 3.91. The van der Waals surface area contributed by atoms with E-state index in [1.54, 1.807) is 31.1 Å². The van der Waals surface area contributed by atoms with Gasteiger partial charge in [0.05, 0.1) is 18.9 Å². The van der Waals surface area contributed by atoms with Crippen molar-refractivity contribution in [3.05, 3.63) is 110 Å². The predicted molar refractivity (Wildman–Crippen MR) is 196 cm³/mol. The maximum Gasteiger partial charge on any atom is 0.108 e. The number of hydrogen-bond acceptors (Lipinski definition) is 6. The lowest BCUT2D eigenvalue weighted by molar-refractivity contribution is 0.532. The van der Waals surface area contributed by atoms with Gasteiger partial charge in [-0.1, -0.05) is 55.4 Å². The summed E-state index contributed by atoms with van der Waals surface area (Å²) in [4.78, 5) is 17.9. The van der Waals surface area contributed by atoms with Gasteiger partial charge in [-0.25, -0.2) is 15.0 Å². The minimum atomic E-state index is 0.491. The van der Waals surface area contributed by atoms with Crippen molar-refractivity contribution in [3.8, 4) is 0 Å². The molecule has 0 aliphatic carbocycles. The molecule has 12 nitrogen and oxygen atoms in total. The van der Waals surface area contributed by atoms with E-state index >= 15 is 0 Å². The Morgan fingerprint density at radius 1 is 0.646 bits per heavy atom. The molecule has 0 unspecified atom stereocenters. The SMILES string of the molecule is CC(C)c1ccn[nH]1.CC(C)c1cn[nH]c1.CC(C)c1cnc[nH]1.CC(C)c1ncc[nH]1.CC(C)n1cccn1.CC(C)n1ccnc1. The first-order valence-corrected chi connectivity index (χ1v) is 16.7. The van der Waals surface area contributed by atoms with E-state index in [0.717, 1.165) is 5.82 Å². The standard InChI is InChI=1S/6C6H10N2/c1-5(2)6-3-7-4-8-6;1-5(2)6-3-7-8-4-6;1-6(2)8-4-3-7-5-8;1-6(2)8-5-3-4-7-8;1-5(2)6-7-3-4-8-6;1-5(2)6-3-4-7-8-6/h2*3-5H,1-2H3,(H,7,8);2*3-6H,1-2H3;2*3-5H,1-2H3,(H,7,8). The third kappa shape index (κ3) is 17.8. The van der Waals surface area contributed by atoms with Crippen LogP contribution >= 0.6 is 0 Å². The number of hydrogen-bond donors (Lipinski definition) is 4. The van der Waals surface area contributed by atoms with E-state index in [1.165, 1.54) is 17.0 Å². The van der Waals surface area contributed by atoms with Gasteiger partial charge in [0.15, 0.2) is 0 Å². The predicted octanol–water partition coefficient (Wildman–Crippen LogP) is 9.06. The molecule has 0 atom stereocenters. The number of rotatable bonds is 6. The summed E-state index contributed by atoms with van der Waals surface area (Å²) in [6, 6.07) is 4.95. The fourth-order valence-corrected chi connectivity index (χ4v) is 3.50. The smallest absolute Gasteiger partial charge is 0.108 e. The normalized spacial score (nSPS) is 10.4. The maximum absolute atomic E-state index is 4.06. The summed E-state index contributed by atoms with van der Waals surface area (Å²) in [5.74, 6) is 3.30. The van der Waals surface area contributed by atoms with E-state index in [-0.39, 0.29) is 0 Å². The Labute approximate surface area is 287 Å². The van der Waals surface area contributed by atoms with Crippen LogP contribution in [-0.2, 0) is 0 Å². The summed E-state index contributed by atoms with van der Waals surface area (Å²) < 4.78 is 3.97. The Balaban J connectivity index is 0.000000288. The van der Waals surface area contributed by atoms with E-state index in [0.29, 0.717) is 35.8 Å². The molecule has 6 rings (SSSR count). The minimum absolute atomic E-state index is 0.491. The van der Waals surface area contributed by atoms with E-state index in [4.69, 9.17) is 0 Å². The van der Waals surface area contributed by atoms with Crippen molar-refractivity contribution < 1.29 is 0 Å². The molecule has 6 aromatic heterocycles. The van der Waals surface area contributed by atoms with Crippen molar-refractivity contribution in [1.29, 1.82) is 0 Å². The van der Waals surface area contributed by atoms with Gasteiger partial charge in [-0.15, -0.1) is 0 Å². The van der Waals surface area contributed by atoms with Gasteiger partial charge in [-0.05, 0) is 63.1 Å². The Morgan fingerprint density at radius 2 is 1.38 bits per heavy atom. The van der Waals surface area contributed by atoms with Crippen molar-refractivity contribution in [2.24, 2.45) is 0 Å². The van der Waals surface area contributed by atoms with E-state index in [9.17, 15) is 0 Å². The summed E-state index contributed by atoms with van der Waals surface area (Å²) in [6.45, 7) is 25.5.